The highest BCUT2D eigenvalue weighted by Crippen LogP contribution is 2.37. The third-order valence-corrected chi connectivity index (χ3v) is 6.31. The summed E-state index contributed by atoms with van der Waals surface area (Å²) >= 11 is 1.36. The third-order valence-electron chi connectivity index (χ3n) is 5.18. The number of thiophene rings is 1. The molecule has 31 heavy (non-hydrogen) atoms. The van der Waals surface area contributed by atoms with Crippen molar-refractivity contribution in [2.24, 2.45) is 0 Å². The van der Waals surface area contributed by atoms with Gasteiger partial charge in [-0.05, 0) is 37.6 Å². The minimum atomic E-state index is -0.720. The van der Waals surface area contributed by atoms with Crippen molar-refractivity contribution in [3.63, 3.8) is 0 Å². The van der Waals surface area contributed by atoms with Gasteiger partial charge in [-0.25, -0.2) is 9.59 Å². The number of ether oxygens (including phenoxy) is 1. The molecule has 1 amide bonds. The minimum absolute atomic E-state index is 0. The van der Waals surface area contributed by atoms with Crippen LogP contribution in [0.1, 0.15) is 45.0 Å². The fraction of sp³-hybridized carbons (Fsp3) is 0.318. The number of carbonyl (C=O) groups excluding carboxylic acids is 2. The third kappa shape index (κ3) is 4.51. The van der Waals surface area contributed by atoms with Crippen molar-refractivity contribution in [3.05, 3.63) is 62.3 Å². The molecule has 0 aliphatic carbocycles. The standard InChI is InChI=1S/C22H22N2O5S.ClH/c1-3-24-10-9-14-17(12-24)30-20(18(14)22(27)28-4-2)23-19(25)15-11-13-7-5-6-8-16(13)29-21(15)26;/h5-8,11H,3-4,9-10,12H2,1-2H3,(H,23,25);1H. The summed E-state index contributed by atoms with van der Waals surface area (Å²) in [7, 11) is 0. The lowest BCUT2D eigenvalue weighted by molar-refractivity contribution is 0.0526. The molecule has 1 aliphatic rings. The van der Waals surface area contributed by atoms with E-state index in [-0.39, 0.29) is 24.6 Å². The normalized spacial score (nSPS) is 13.4. The van der Waals surface area contributed by atoms with Crippen molar-refractivity contribution in [1.82, 2.24) is 4.90 Å². The van der Waals surface area contributed by atoms with Crippen molar-refractivity contribution in [2.45, 2.75) is 26.8 Å². The number of anilines is 1. The number of benzene rings is 1. The second-order valence-electron chi connectivity index (χ2n) is 6.99. The summed E-state index contributed by atoms with van der Waals surface area (Å²) in [6.07, 6.45) is 0.710. The van der Waals surface area contributed by atoms with Gasteiger partial charge in [0.25, 0.3) is 5.91 Å². The van der Waals surface area contributed by atoms with E-state index in [0.717, 1.165) is 30.1 Å². The molecule has 3 aromatic rings. The Balaban J connectivity index is 0.00000272. The SMILES string of the molecule is CCOC(=O)c1c(NC(=O)c2cc3ccccc3oc2=O)sc2c1CCN(CC)C2.Cl. The summed E-state index contributed by atoms with van der Waals surface area (Å²) in [5.74, 6) is -1.06. The highest BCUT2D eigenvalue weighted by molar-refractivity contribution is 7.17. The van der Waals surface area contributed by atoms with E-state index in [1.54, 1.807) is 31.2 Å². The van der Waals surface area contributed by atoms with Crippen LogP contribution in [0.3, 0.4) is 0 Å². The zero-order valence-corrected chi connectivity index (χ0v) is 18.9. The first kappa shape index (κ1) is 23.0. The smallest absolute Gasteiger partial charge is 0.349 e. The number of fused-ring (bicyclic) bond motifs is 2. The highest BCUT2D eigenvalue weighted by Gasteiger charge is 2.29. The Morgan fingerprint density at radius 2 is 2.03 bits per heavy atom. The molecule has 1 aromatic carbocycles. The van der Waals surface area contributed by atoms with Crippen LogP contribution in [0.5, 0.6) is 0 Å². The molecule has 0 spiro atoms. The molecule has 7 nitrogen and oxygen atoms in total. The number of hydrogen-bond donors (Lipinski definition) is 1. The fourth-order valence-electron chi connectivity index (χ4n) is 3.62. The molecule has 3 heterocycles. The van der Waals surface area contributed by atoms with Gasteiger partial charge in [-0.15, -0.1) is 23.7 Å². The van der Waals surface area contributed by atoms with Crippen LogP contribution in [-0.2, 0) is 17.7 Å². The summed E-state index contributed by atoms with van der Waals surface area (Å²) in [5.41, 5.74) is 0.903. The lowest BCUT2D eigenvalue weighted by Crippen LogP contribution is -2.30. The van der Waals surface area contributed by atoms with E-state index in [9.17, 15) is 14.4 Å². The molecule has 0 fully saturated rings. The first-order valence-electron chi connectivity index (χ1n) is 9.90. The number of amides is 1. The number of esters is 1. The summed E-state index contributed by atoms with van der Waals surface area (Å²) < 4.78 is 10.5. The molecule has 0 saturated carbocycles. The molecule has 164 valence electrons. The van der Waals surface area contributed by atoms with Crippen molar-refractivity contribution in [2.75, 3.05) is 25.0 Å². The summed E-state index contributed by atoms with van der Waals surface area (Å²) in [5, 5.41) is 3.82. The number of likely N-dealkylation sites (N-methyl/N-ethyl adjacent to an activating group) is 1. The average molecular weight is 463 g/mol. The maximum atomic E-state index is 12.9. The van der Waals surface area contributed by atoms with E-state index in [2.05, 4.69) is 17.1 Å². The van der Waals surface area contributed by atoms with E-state index in [0.29, 0.717) is 28.0 Å². The predicted octanol–water partition coefficient (Wildman–Crippen LogP) is 4.08. The molecule has 0 saturated heterocycles. The Morgan fingerprint density at radius 1 is 1.26 bits per heavy atom. The van der Waals surface area contributed by atoms with Crippen LogP contribution in [0.15, 0.2) is 39.5 Å². The number of rotatable bonds is 5. The number of nitrogens with zero attached hydrogens (tertiary/aromatic N) is 1. The van der Waals surface area contributed by atoms with Crippen LogP contribution in [0.4, 0.5) is 5.00 Å². The first-order chi connectivity index (χ1) is 14.5. The summed E-state index contributed by atoms with van der Waals surface area (Å²) in [6.45, 7) is 6.55. The van der Waals surface area contributed by atoms with Crippen LogP contribution in [0.25, 0.3) is 11.0 Å². The van der Waals surface area contributed by atoms with Gasteiger partial charge in [-0.2, -0.15) is 0 Å². The monoisotopic (exact) mass is 462 g/mol. The maximum Gasteiger partial charge on any atom is 0.349 e. The predicted molar refractivity (Wildman–Crippen MR) is 123 cm³/mol. The van der Waals surface area contributed by atoms with E-state index in [1.165, 1.54) is 17.4 Å². The number of hydrogen-bond acceptors (Lipinski definition) is 7. The van der Waals surface area contributed by atoms with Gasteiger partial charge in [-0.3, -0.25) is 9.69 Å². The molecule has 2 aromatic heterocycles. The highest BCUT2D eigenvalue weighted by atomic mass is 35.5. The van der Waals surface area contributed by atoms with E-state index in [1.807, 2.05) is 0 Å². The Labute approximate surface area is 189 Å². The molecule has 0 atom stereocenters. The Kier molecular flexibility index (Phi) is 7.15. The minimum Gasteiger partial charge on any atom is -0.462 e. The quantitative estimate of drug-likeness (QED) is 0.454. The second kappa shape index (κ2) is 9.64. The van der Waals surface area contributed by atoms with Crippen molar-refractivity contribution in [3.8, 4) is 0 Å². The molecular formula is C22H23ClN2O5S. The molecule has 1 N–H and O–H groups in total. The van der Waals surface area contributed by atoms with Gasteiger partial charge >= 0.3 is 11.6 Å². The van der Waals surface area contributed by atoms with E-state index < -0.39 is 17.5 Å². The lowest BCUT2D eigenvalue weighted by Gasteiger charge is -2.25. The van der Waals surface area contributed by atoms with Crippen LogP contribution >= 0.6 is 23.7 Å². The maximum absolute atomic E-state index is 12.9. The number of carbonyl (C=O) groups is 2. The van der Waals surface area contributed by atoms with Gasteiger partial charge in [0.15, 0.2) is 0 Å². The zero-order valence-electron chi connectivity index (χ0n) is 17.2. The number of nitrogens with one attached hydrogen (secondary N) is 1. The van der Waals surface area contributed by atoms with E-state index in [4.69, 9.17) is 9.15 Å². The van der Waals surface area contributed by atoms with Crippen LogP contribution in [-0.4, -0.2) is 36.5 Å². The van der Waals surface area contributed by atoms with Gasteiger partial charge < -0.3 is 14.5 Å². The molecular weight excluding hydrogens is 440 g/mol. The Hall–Kier alpha value is -2.68. The van der Waals surface area contributed by atoms with Crippen molar-refractivity contribution >= 4 is 51.6 Å². The molecule has 9 heteroatoms. The fourth-order valence-corrected chi connectivity index (χ4v) is 4.90. The van der Waals surface area contributed by atoms with Gasteiger partial charge in [0.2, 0.25) is 0 Å². The summed E-state index contributed by atoms with van der Waals surface area (Å²) in [4.78, 5) is 41.2. The Bertz CT molecular complexity index is 1190. The first-order valence-corrected chi connectivity index (χ1v) is 10.7. The number of halogens is 1. The van der Waals surface area contributed by atoms with Crippen LogP contribution in [0.2, 0.25) is 0 Å². The molecule has 4 rings (SSSR count). The van der Waals surface area contributed by atoms with E-state index >= 15 is 0 Å². The molecule has 0 unspecified atom stereocenters. The van der Waals surface area contributed by atoms with Gasteiger partial charge in [0, 0.05) is 23.4 Å². The largest absolute Gasteiger partial charge is 0.462 e. The topological polar surface area (TPSA) is 88.8 Å². The van der Waals surface area contributed by atoms with Gasteiger partial charge in [0.1, 0.15) is 16.1 Å². The Morgan fingerprint density at radius 3 is 2.77 bits per heavy atom. The van der Waals surface area contributed by atoms with Crippen molar-refractivity contribution in [1.29, 1.82) is 0 Å². The summed E-state index contributed by atoms with van der Waals surface area (Å²) in [6, 6.07) is 8.50. The van der Waals surface area contributed by atoms with Crippen LogP contribution < -0.4 is 10.9 Å². The van der Waals surface area contributed by atoms with Crippen LogP contribution in [0, 0.1) is 0 Å². The zero-order chi connectivity index (χ0) is 21.3. The molecule has 0 radical (unpaired) electrons. The lowest BCUT2D eigenvalue weighted by atomic mass is 10.0. The molecule has 0 bridgehead atoms. The second-order valence-corrected chi connectivity index (χ2v) is 8.09. The van der Waals surface area contributed by atoms with Crippen molar-refractivity contribution < 1.29 is 18.7 Å². The van der Waals surface area contributed by atoms with Gasteiger partial charge in [-0.1, -0.05) is 25.1 Å². The molecule has 1 aliphatic heterocycles. The van der Waals surface area contributed by atoms with Gasteiger partial charge in [0.05, 0.1) is 12.2 Å². The average Bonchev–Trinajstić information content (AvgIpc) is 3.10. The number of para-hydroxylation sites is 1.